The first kappa shape index (κ1) is 23.0. The molecular weight excluding hydrogens is 412 g/mol. The second kappa shape index (κ2) is 9.62. The molecule has 2 aromatic rings. The van der Waals surface area contributed by atoms with Crippen LogP contribution in [0.1, 0.15) is 49.8 Å². The van der Waals surface area contributed by atoms with Crippen molar-refractivity contribution in [3.05, 3.63) is 64.2 Å². The average molecular weight is 441 g/mol. The molecule has 1 aliphatic rings. The molecule has 0 saturated carbocycles. The van der Waals surface area contributed by atoms with Crippen molar-refractivity contribution >= 4 is 17.7 Å². The fraction of sp³-hybridized carbons (Fsp3) is 0.440. The van der Waals surface area contributed by atoms with Crippen molar-refractivity contribution in [1.29, 1.82) is 5.26 Å². The zero-order valence-electron chi connectivity index (χ0n) is 18.5. The lowest BCUT2D eigenvalue weighted by molar-refractivity contribution is 0.0111. The van der Waals surface area contributed by atoms with Crippen LogP contribution in [0, 0.1) is 24.2 Å². The molecule has 5 nitrogen and oxygen atoms in total. The molecule has 31 heavy (non-hydrogen) atoms. The fourth-order valence-electron chi connectivity index (χ4n) is 3.90. The number of piperidine rings is 1. The van der Waals surface area contributed by atoms with Crippen molar-refractivity contribution in [3.8, 4) is 11.8 Å². The Bertz CT molecular complexity index is 960. The van der Waals surface area contributed by atoms with Crippen LogP contribution in [0.15, 0.2) is 42.5 Å². The zero-order valence-corrected chi connectivity index (χ0v) is 19.3. The van der Waals surface area contributed by atoms with Crippen LogP contribution in [0.25, 0.3) is 0 Å². The summed E-state index contributed by atoms with van der Waals surface area (Å²) in [5.41, 5.74) is 2.16. The van der Waals surface area contributed by atoms with Crippen LogP contribution in [0.4, 0.5) is 4.79 Å². The summed E-state index contributed by atoms with van der Waals surface area (Å²) in [4.78, 5) is 14.4. The number of halogens is 1. The molecule has 1 aliphatic heterocycles. The van der Waals surface area contributed by atoms with E-state index in [9.17, 15) is 10.1 Å². The highest BCUT2D eigenvalue weighted by Crippen LogP contribution is 2.35. The molecule has 1 fully saturated rings. The highest BCUT2D eigenvalue weighted by Gasteiger charge is 2.35. The molecule has 0 radical (unpaired) electrons. The average Bonchev–Trinajstić information content (AvgIpc) is 2.72. The number of carbonyl (C=O) groups excluding carboxylic acids is 1. The zero-order chi connectivity index (χ0) is 22.6. The lowest BCUT2D eigenvalue weighted by Gasteiger charge is -2.39. The number of carbonyl (C=O) groups is 1. The number of hydrogen-bond acceptors (Lipinski definition) is 4. The maximum absolute atomic E-state index is 12.7. The van der Waals surface area contributed by atoms with Gasteiger partial charge in [0.2, 0.25) is 0 Å². The standard InChI is InChI=1S/C25H29ClN2O3/c1-17-5-10-23(19(13-17)14-27)30-16-20-15-28(24(29)31-25(2,3)4)12-11-22(20)18-6-8-21(26)9-7-18/h5-10,13,20,22H,11-12,15-16H2,1-4H3/t20-,22-/m0/s1. The van der Waals surface area contributed by atoms with Crippen molar-refractivity contribution < 1.29 is 14.3 Å². The number of benzene rings is 2. The molecular formula is C25H29ClN2O3. The van der Waals surface area contributed by atoms with E-state index in [0.29, 0.717) is 36.0 Å². The predicted octanol–water partition coefficient (Wildman–Crippen LogP) is 5.94. The van der Waals surface area contributed by atoms with E-state index in [2.05, 4.69) is 6.07 Å². The Hall–Kier alpha value is -2.71. The first-order valence-electron chi connectivity index (χ1n) is 10.5. The van der Waals surface area contributed by atoms with Gasteiger partial charge in [-0.3, -0.25) is 0 Å². The largest absolute Gasteiger partial charge is 0.492 e. The van der Waals surface area contributed by atoms with Crippen molar-refractivity contribution in [1.82, 2.24) is 4.90 Å². The highest BCUT2D eigenvalue weighted by molar-refractivity contribution is 6.30. The maximum atomic E-state index is 12.7. The third-order valence-electron chi connectivity index (χ3n) is 5.39. The van der Waals surface area contributed by atoms with Crippen LogP contribution in [0.3, 0.4) is 0 Å². The monoisotopic (exact) mass is 440 g/mol. The molecule has 0 aromatic heterocycles. The van der Waals surface area contributed by atoms with E-state index in [4.69, 9.17) is 21.1 Å². The van der Waals surface area contributed by atoms with Crippen LogP contribution in [0.5, 0.6) is 5.75 Å². The van der Waals surface area contributed by atoms with Crippen LogP contribution < -0.4 is 4.74 Å². The van der Waals surface area contributed by atoms with Gasteiger partial charge in [0.1, 0.15) is 17.4 Å². The Morgan fingerprint density at radius 3 is 2.58 bits per heavy atom. The minimum Gasteiger partial charge on any atom is -0.492 e. The van der Waals surface area contributed by atoms with E-state index in [1.54, 1.807) is 4.90 Å². The Balaban J connectivity index is 1.80. The Morgan fingerprint density at radius 2 is 1.94 bits per heavy atom. The van der Waals surface area contributed by atoms with E-state index in [1.165, 1.54) is 5.56 Å². The number of rotatable bonds is 4. The van der Waals surface area contributed by atoms with Gasteiger partial charge in [0.25, 0.3) is 0 Å². The summed E-state index contributed by atoms with van der Waals surface area (Å²) in [5.74, 6) is 0.833. The number of likely N-dealkylation sites (tertiary alicyclic amines) is 1. The van der Waals surface area contributed by atoms with E-state index in [0.717, 1.165) is 12.0 Å². The van der Waals surface area contributed by atoms with Gasteiger partial charge in [0.15, 0.2) is 0 Å². The molecule has 2 aromatic carbocycles. The summed E-state index contributed by atoms with van der Waals surface area (Å²) in [6, 6.07) is 15.6. The lowest BCUT2D eigenvalue weighted by Crippen LogP contribution is -2.46. The smallest absolute Gasteiger partial charge is 0.410 e. The number of aryl methyl sites for hydroxylation is 1. The third kappa shape index (κ3) is 6.15. The molecule has 1 saturated heterocycles. The van der Waals surface area contributed by atoms with E-state index < -0.39 is 5.60 Å². The summed E-state index contributed by atoms with van der Waals surface area (Å²) in [7, 11) is 0. The summed E-state index contributed by atoms with van der Waals surface area (Å²) in [6.07, 6.45) is 0.494. The molecule has 164 valence electrons. The minimum absolute atomic E-state index is 0.0512. The quantitative estimate of drug-likeness (QED) is 0.590. The first-order valence-corrected chi connectivity index (χ1v) is 10.9. The van der Waals surface area contributed by atoms with Gasteiger partial charge in [-0.2, -0.15) is 5.26 Å². The van der Waals surface area contributed by atoms with Gasteiger partial charge in [-0.25, -0.2) is 4.79 Å². The van der Waals surface area contributed by atoms with Gasteiger partial charge >= 0.3 is 6.09 Å². The van der Waals surface area contributed by atoms with Crippen LogP contribution in [-0.2, 0) is 4.74 Å². The number of nitriles is 1. The van der Waals surface area contributed by atoms with Crippen molar-refractivity contribution in [2.24, 2.45) is 5.92 Å². The number of ether oxygens (including phenoxy) is 2. The Morgan fingerprint density at radius 1 is 1.23 bits per heavy atom. The second-order valence-electron chi connectivity index (χ2n) is 9.06. The van der Waals surface area contributed by atoms with Crippen molar-refractivity contribution in [3.63, 3.8) is 0 Å². The van der Waals surface area contributed by atoms with Gasteiger partial charge in [0.05, 0.1) is 12.2 Å². The molecule has 0 bridgehead atoms. The fourth-order valence-corrected chi connectivity index (χ4v) is 4.02. The summed E-state index contributed by atoms with van der Waals surface area (Å²) >= 11 is 6.08. The predicted molar refractivity (Wildman–Crippen MR) is 121 cm³/mol. The Labute approximate surface area is 189 Å². The highest BCUT2D eigenvalue weighted by atomic mass is 35.5. The van der Waals surface area contributed by atoms with Gasteiger partial charge < -0.3 is 14.4 Å². The van der Waals surface area contributed by atoms with Gasteiger partial charge in [-0.1, -0.05) is 29.8 Å². The molecule has 1 heterocycles. The molecule has 0 unspecified atom stereocenters. The third-order valence-corrected chi connectivity index (χ3v) is 5.64. The molecule has 1 amide bonds. The van der Waals surface area contributed by atoms with Gasteiger partial charge in [-0.05, 0) is 75.4 Å². The molecule has 3 rings (SSSR count). The summed E-state index contributed by atoms with van der Waals surface area (Å²) < 4.78 is 11.7. The topological polar surface area (TPSA) is 62.6 Å². The maximum Gasteiger partial charge on any atom is 0.410 e. The van der Waals surface area contributed by atoms with Crippen molar-refractivity contribution in [2.75, 3.05) is 19.7 Å². The number of amides is 1. The number of hydrogen-bond donors (Lipinski definition) is 0. The normalized spacial score (nSPS) is 18.9. The first-order chi connectivity index (χ1) is 14.7. The van der Waals surface area contributed by atoms with E-state index in [-0.39, 0.29) is 17.9 Å². The molecule has 0 N–H and O–H groups in total. The molecule has 0 aliphatic carbocycles. The minimum atomic E-state index is -0.542. The molecule has 6 heteroatoms. The summed E-state index contributed by atoms with van der Waals surface area (Å²) in [6.45, 7) is 9.08. The van der Waals surface area contributed by atoms with Crippen LogP contribution in [0.2, 0.25) is 5.02 Å². The lowest BCUT2D eigenvalue weighted by atomic mass is 9.81. The van der Waals surface area contributed by atoms with Gasteiger partial charge in [-0.15, -0.1) is 0 Å². The van der Waals surface area contributed by atoms with Crippen LogP contribution in [-0.4, -0.2) is 36.3 Å². The SMILES string of the molecule is Cc1ccc(OC[C@@H]2CN(C(=O)OC(C)(C)C)CC[C@H]2c2ccc(Cl)cc2)c(C#N)c1. The van der Waals surface area contributed by atoms with E-state index in [1.807, 2.05) is 70.2 Å². The Kier molecular flexibility index (Phi) is 7.12. The van der Waals surface area contributed by atoms with E-state index >= 15 is 0 Å². The van der Waals surface area contributed by atoms with Crippen LogP contribution >= 0.6 is 11.6 Å². The van der Waals surface area contributed by atoms with Gasteiger partial charge in [0, 0.05) is 24.0 Å². The number of nitrogens with zero attached hydrogens (tertiary/aromatic N) is 2. The second-order valence-corrected chi connectivity index (χ2v) is 9.49. The molecule has 2 atom stereocenters. The van der Waals surface area contributed by atoms with Crippen molar-refractivity contribution in [2.45, 2.75) is 45.6 Å². The summed E-state index contributed by atoms with van der Waals surface area (Å²) in [5, 5.41) is 10.1. The molecule has 0 spiro atoms.